The zero-order chi connectivity index (χ0) is 26.6. The Hall–Kier alpha value is -4.17. The molecular weight excluding hydrogens is 492 g/mol. The van der Waals surface area contributed by atoms with Crippen LogP contribution in [0.1, 0.15) is 30.5 Å². The van der Waals surface area contributed by atoms with E-state index >= 15 is 0 Å². The van der Waals surface area contributed by atoms with Crippen LogP contribution in [0, 0.1) is 0 Å². The number of alkyl halides is 1. The molecule has 0 aliphatic carbocycles. The van der Waals surface area contributed by atoms with Crippen LogP contribution in [0.15, 0.2) is 88.2 Å². The smallest absolute Gasteiger partial charge is 0.413 e. The first-order valence-corrected chi connectivity index (χ1v) is 12.1. The van der Waals surface area contributed by atoms with Gasteiger partial charge in [0, 0.05) is 24.1 Å². The number of oxime groups is 1. The van der Waals surface area contributed by atoms with Crippen molar-refractivity contribution in [3.8, 4) is 11.5 Å². The Bertz CT molecular complexity index is 1270. The van der Waals surface area contributed by atoms with Crippen LogP contribution >= 0.6 is 11.6 Å². The van der Waals surface area contributed by atoms with E-state index in [-0.39, 0.29) is 0 Å². The van der Waals surface area contributed by atoms with Crippen molar-refractivity contribution in [3.05, 3.63) is 89.5 Å². The van der Waals surface area contributed by atoms with Gasteiger partial charge in [0.2, 0.25) is 0 Å². The summed E-state index contributed by atoms with van der Waals surface area (Å²) in [4.78, 5) is 18.7. The maximum atomic E-state index is 11.9. The van der Waals surface area contributed by atoms with Crippen molar-refractivity contribution in [2.24, 2.45) is 15.4 Å². The fraction of sp³-hybridized carbons (Fsp3) is 0.214. The molecule has 0 radical (unpaired) electrons. The van der Waals surface area contributed by atoms with Crippen LogP contribution in [0.5, 0.6) is 11.5 Å². The lowest BCUT2D eigenvalue weighted by molar-refractivity contribution is 0.159. The summed E-state index contributed by atoms with van der Waals surface area (Å²) >= 11 is 5.85. The van der Waals surface area contributed by atoms with Crippen LogP contribution in [0.2, 0.25) is 0 Å². The highest BCUT2D eigenvalue weighted by atomic mass is 35.5. The summed E-state index contributed by atoms with van der Waals surface area (Å²) in [6.45, 7) is 4.06. The second-order valence-corrected chi connectivity index (χ2v) is 8.05. The fourth-order valence-corrected chi connectivity index (χ4v) is 3.46. The molecule has 0 atom stereocenters. The minimum atomic E-state index is -0.480. The van der Waals surface area contributed by atoms with Crippen molar-refractivity contribution in [2.75, 3.05) is 25.7 Å². The van der Waals surface area contributed by atoms with E-state index < -0.39 is 6.09 Å². The molecule has 0 fully saturated rings. The van der Waals surface area contributed by atoms with Gasteiger partial charge in [0.25, 0.3) is 0 Å². The van der Waals surface area contributed by atoms with Crippen LogP contribution in [0.4, 0.5) is 10.5 Å². The predicted molar refractivity (Wildman–Crippen MR) is 149 cm³/mol. The van der Waals surface area contributed by atoms with Gasteiger partial charge in [0.05, 0.1) is 24.7 Å². The quantitative estimate of drug-likeness (QED) is 0.170. The molecule has 0 unspecified atom stereocenters. The van der Waals surface area contributed by atoms with Gasteiger partial charge in [-0.1, -0.05) is 35.5 Å². The second-order valence-electron chi connectivity index (χ2n) is 7.78. The van der Waals surface area contributed by atoms with Gasteiger partial charge in [-0.2, -0.15) is 10.2 Å². The van der Waals surface area contributed by atoms with Gasteiger partial charge in [-0.15, -0.1) is 11.6 Å². The minimum Gasteiger partial charge on any atom is -0.457 e. The number of hydrogen-bond donors (Lipinski definition) is 0. The topological polar surface area (TPSA) is 85.1 Å². The highest BCUT2D eigenvalue weighted by Gasteiger charge is 2.14. The van der Waals surface area contributed by atoms with E-state index in [1.807, 2.05) is 73.7 Å². The zero-order valence-electron chi connectivity index (χ0n) is 21.2. The summed E-state index contributed by atoms with van der Waals surface area (Å²) in [5.74, 6) is 1.85. The average Bonchev–Trinajstić information content (AvgIpc) is 2.94. The molecule has 0 heterocycles. The highest BCUT2D eigenvalue weighted by molar-refractivity contribution is 6.47. The van der Waals surface area contributed by atoms with Gasteiger partial charge >= 0.3 is 6.09 Å². The zero-order valence-corrected chi connectivity index (χ0v) is 22.0. The minimum absolute atomic E-state index is 0.410. The Labute approximate surface area is 221 Å². The standard InChI is InChI=1S/C28H29ClN4O4/c1-5-36-32-27(22-12-16-25(17-13-22)37-24-14-10-21(18-29)11-15-24)20(2)31-30-19-23-8-6-7-9-26(23)33(3)28(34)35-4/h6-17,19H,5,18H2,1-4H3/b30-19+,31-20+,32-27+. The number of hydrogen-bond acceptors (Lipinski definition) is 7. The SMILES string of the molecule is CCO\N=C(/C(C)=N/N=C/c1ccccc1N(C)C(=O)OC)c1ccc(Oc2ccc(CCl)cc2)cc1. The molecule has 0 aliphatic rings. The van der Waals surface area contributed by atoms with Crippen molar-refractivity contribution in [1.29, 1.82) is 0 Å². The third-order valence-corrected chi connectivity index (χ3v) is 5.53. The molecule has 0 bridgehead atoms. The summed E-state index contributed by atoms with van der Waals surface area (Å²) in [6, 6.07) is 22.4. The summed E-state index contributed by atoms with van der Waals surface area (Å²) in [6.07, 6.45) is 1.09. The average molecular weight is 521 g/mol. The Kier molecular flexibility index (Phi) is 10.2. The van der Waals surface area contributed by atoms with E-state index in [0.29, 0.717) is 40.9 Å². The number of para-hydroxylation sites is 1. The Morgan fingerprint density at radius 1 is 1.00 bits per heavy atom. The predicted octanol–water partition coefficient (Wildman–Crippen LogP) is 6.66. The maximum absolute atomic E-state index is 11.9. The lowest BCUT2D eigenvalue weighted by atomic mass is 10.1. The molecule has 9 heteroatoms. The number of nitrogens with zero attached hydrogens (tertiary/aromatic N) is 4. The van der Waals surface area contributed by atoms with Crippen molar-refractivity contribution < 1.29 is 19.1 Å². The van der Waals surface area contributed by atoms with Crippen LogP contribution in [0.3, 0.4) is 0 Å². The number of ether oxygens (including phenoxy) is 2. The van der Waals surface area contributed by atoms with Gasteiger partial charge in [-0.05, 0) is 61.9 Å². The summed E-state index contributed by atoms with van der Waals surface area (Å²) in [7, 11) is 2.96. The summed E-state index contributed by atoms with van der Waals surface area (Å²) in [5.41, 5.74) is 4.25. The number of halogens is 1. The molecule has 1 amide bonds. The molecule has 8 nitrogen and oxygen atoms in total. The third kappa shape index (κ3) is 7.65. The van der Waals surface area contributed by atoms with Crippen LogP contribution in [-0.2, 0) is 15.5 Å². The highest BCUT2D eigenvalue weighted by Crippen LogP contribution is 2.23. The monoisotopic (exact) mass is 520 g/mol. The van der Waals surface area contributed by atoms with Gasteiger partial charge in [-0.3, -0.25) is 4.90 Å². The molecule has 37 heavy (non-hydrogen) atoms. The first-order chi connectivity index (χ1) is 18.0. The number of carbonyl (C=O) groups is 1. The molecule has 0 aliphatic heterocycles. The molecular formula is C28H29ClN4O4. The molecule has 0 aromatic heterocycles. The number of benzene rings is 3. The van der Waals surface area contributed by atoms with Crippen LogP contribution in [-0.4, -0.2) is 44.5 Å². The Balaban J connectivity index is 1.79. The van der Waals surface area contributed by atoms with Crippen LogP contribution < -0.4 is 9.64 Å². The molecule has 0 saturated heterocycles. The normalized spacial score (nSPS) is 11.9. The van der Waals surface area contributed by atoms with Gasteiger partial charge < -0.3 is 14.3 Å². The Morgan fingerprint density at radius 2 is 1.65 bits per heavy atom. The van der Waals surface area contributed by atoms with Crippen molar-refractivity contribution in [2.45, 2.75) is 19.7 Å². The number of methoxy groups -OCH3 is 1. The lowest BCUT2D eigenvalue weighted by Gasteiger charge is -2.17. The summed E-state index contributed by atoms with van der Waals surface area (Å²) in [5, 5.41) is 12.8. The van der Waals surface area contributed by atoms with E-state index in [2.05, 4.69) is 15.4 Å². The third-order valence-electron chi connectivity index (χ3n) is 5.22. The maximum Gasteiger partial charge on any atom is 0.413 e. The molecule has 0 N–H and O–H groups in total. The van der Waals surface area contributed by atoms with E-state index in [0.717, 1.165) is 16.9 Å². The van der Waals surface area contributed by atoms with E-state index in [1.54, 1.807) is 26.3 Å². The van der Waals surface area contributed by atoms with E-state index in [9.17, 15) is 4.79 Å². The van der Waals surface area contributed by atoms with Crippen molar-refractivity contribution >= 4 is 41.0 Å². The molecule has 3 aromatic rings. The molecule has 0 saturated carbocycles. The van der Waals surface area contributed by atoms with Gasteiger partial charge in [0.15, 0.2) is 0 Å². The molecule has 3 aromatic carbocycles. The lowest BCUT2D eigenvalue weighted by Crippen LogP contribution is -2.26. The van der Waals surface area contributed by atoms with Crippen molar-refractivity contribution in [3.63, 3.8) is 0 Å². The molecule has 3 rings (SSSR count). The number of carbonyl (C=O) groups excluding carboxylic acids is 1. The first kappa shape index (κ1) is 27.4. The molecule has 192 valence electrons. The van der Waals surface area contributed by atoms with E-state index in [4.69, 9.17) is 25.9 Å². The Morgan fingerprint density at radius 3 is 2.27 bits per heavy atom. The largest absolute Gasteiger partial charge is 0.457 e. The van der Waals surface area contributed by atoms with Gasteiger partial charge in [-0.25, -0.2) is 4.79 Å². The number of rotatable bonds is 10. The second kappa shape index (κ2) is 13.8. The fourth-order valence-electron chi connectivity index (χ4n) is 3.28. The number of anilines is 1. The van der Waals surface area contributed by atoms with Crippen LogP contribution in [0.25, 0.3) is 0 Å². The van der Waals surface area contributed by atoms with Crippen molar-refractivity contribution in [1.82, 2.24) is 0 Å². The number of amides is 1. The first-order valence-electron chi connectivity index (χ1n) is 11.6. The van der Waals surface area contributed by atoms with E-state index in [1.165, 1.54) is 12.0 Å². The molecule has 0 spiro atoms. The summed E-state index contributed by atoms with van der Waals surface area (Å²) < 4.78 is 10.7. The van der Waals surface area contributed by atoms with Gasteiger partial charge in [0.1, 0.15) is 23.8 Å².